The first-order valence-corrected chi connectivity index (χ1v) is 11.6. The molecule has 6 nitrogen and oxygen atoms in total. The maximum Gasteiger partial charge on any atom is 0.257 e. The first-order valence-electron chi connectivity index (χ1n) is 9.33. The highest BCUT2D eigenvalue weighted by Gasteiger charge is 2.29. The number of benzene rings is 2. The highest BCUT2D eigenvalue weighted by molar-refractivity contribution is 7.89. The van der Waals surface area contributed by atoms with Gasteiger partial charge in [0.15, 0.2) is 5.13 Å². The highest BCUT2D eigenvalue weighted by Crippen LogP contribution is 2.28. The molecule has 9 heteroatoms. The van der Waals surface area contributed by atoms with E-state index in [0.717, 1.165) is 47.2 Å². The van der Waals surface area contributed by atoms with Crippen LogP contribution >= 0.6 is 11.3 Å². The zero-order valence-electron chi connectivity index (χ0n) is 15.8. The Balaban J connectivity index is 1.61. The van der Waals surface area contributed by atoms with Crippen LogP contribution < -0.4 is 5.32 Å². The summed E-state index contributed by atoms with van der Waals surface area (Å²) in [6.45, 7) is 2.70. The molecule has 0 radical (unpaired) electrons. The van der Waals surface area contributed by atoms with Crippen LogP contribution in [0.1, 0.15) is 35.2 Å². The van der Waals surface area contributed by atoms with Crippen molar-refractivity contribution in [3.05, 3.63) is 53.3 Å². The van der Waals surface area contributed by atoms with Gasteiger partial charge >= 0.3 is 0 Å². The summed E-state index contributed by atoms with van der Waals surface area (Å²) in [6.07, 6.45) is 2.45. The van der Waals surface area contributed by atoms with Crippen LogP contribution in [0.25, 0.3) is 10.2 Å². The number of hydrogen-bond donors (Lipinski definition) is 1. The van der Waals surface area contributed by atoms with Crippen LogP contribution in [0, 0.1) is 12.7 Å². The van der Waals surface area contributed by atoms with Crippen LogP contribution in [0.15, 0.2) is 41.3 Å². The van der Waals surface area contributed by atoms with Gasteiger partial charge in [-0.05, 0) is 55.7 Å². The molecule has 1 aromatic heterocycles. The van der Waals surface area contributed by atoms with Crippen LogP contribution in [-0.2, 0) is 10.0 Å². The number of sulfonamides is 1. The normalized spacial score (nSPS) is 15.5. The zero-order valence-corrected chi connectivity index (χ0v) is 17.4. The van der Waals surface area contributed by atoms with Crippen LogP contribution in [-0.4, -0.2) is 36.7 Å². The van der Waals surface area contributed by atoms with Crippen molar-refractivity contribution >= 4 is 42.6 Å². The van der Waals surface area contributed by atoms with Gasteiger partial charge in [0.2, 0.25) is 10.0 Å². The molecule has 0 atom stereocenters. The van der Waals surface area contributed by atoms with E-state index in [9.17, 15) is 17.6 Å². The number of nitrogens with one attached hydrogen (secondary N) is 1. The standard InChI is InChI=1S/C20H20FN3O3S2/c1-13-5-8-16-17(11-13)28-20(22-16)23-19(25)14-6-7-15(21)18(12-14)29(26,27)24-9-3-2-4-10-24/h5-8,11-12H,2-4,9-10H2,1H3,(H,22,23,25). The minimum Gasteiger partial charge on any atom is -0.298 e. The summed E-state index contributed by atoms with van der Waals surface area (Å²) < 4.78 is 42.2. The second-order valence-corrected chi connectivity index (χ2v) is 9.99. The van der Waals surface area contributed by atoms with Gasteiger partial charge in [0, 0.05) is 18.7 Å². The van der Waals surface area contributed by atoms with E-state index in [0.29, 0.717) is 18.2 Å². The number of carbonyl (C=O) groups excluding carboxylic acids is 1. The molecule has 29 heavy (non-hydrogen) atoms. The SMILES string of the molecule is Cc1ccc2nc(NC(=O)c3ccc(F)c(S(=O)(=O)N4CCCCC4)c3)sc2c1. The summed E-state index contributed by atoms with van der Waals surface area (Å²) in [5, 5.41) is 3.09. The summed E-state index contributed by atoms with van der Waals surface area (Å²) in [6, 6.07) is 9.18. The Morgan fingerprint density at radius 2 is 1.90 bits per heavy atom. The van der Waals surface area contributed by atoms with Crippen molar-refractivity contribution in [1.82, 2.24) is 9.29 Å². The second-order valence-electron chi connectivity index (χ2n) is 7.05. The van der Waals surface area contributed by atoms with Gasteiger partial charge in [-0.3, -0.25) is 10.1 Å². The number of anilines is 1. The molecule has 1 aliphatic heterocycles. The highest BCUT2D eigenvalue weighted by atomic mass is 32.2. The molecule has 152 valence electrons. The summed E-state index contributed by atoms with van der Waals surface area (Å²) in [5.74, 6) is -1.39. The summed E-state index contributed by atoms with van der Waals surface area (Å²) in [5.41, 5.74) is 1.92. The number of carbonyl (C=O) groups is 1. The molecule has 1 saturated heterocycles. The van der Waals surface area contributed by atoms with Crippen molar-refractivity contribution < 1.29 is 17.6 Å². The largest absolute Gasteiger partial charge is 0.298 e. The number of thiazole rings is 1. The van der Waals surface area contributed by atoms with Gasteiger partial charge in [-0.15, -0.1) is 0 Å². The molecule has 3 aromatic rings. The number of aryl methyl sites for hydroxylation is 1. The lowest BCUT2D eigenvalue weighted by molar-refractivity contribution is 0.102. The van der Waals surface area contributed by atoms with Gasteiger partial charge in [-0.2, -0.15) is 4.31 Å². The van der Waals surface area contributed by atoms with E-state index >= 15 is 0 Å². The Hall–Kier alpha value is -2.36. The van der Waals surface area contributed by atoms with Gasteiger partial charge in [0.05, 0.1) is 10.2 Å². The molecule has 0 aliphatic carbocycles. The molecule has 1 amide bonds. The third kappa shape index (κ3) is 4.03. The van der Waals surface area contributed by atoms with E-state index < -0.39 is 26.6 Å². The third-order valence-corrected chi connectivity index (χ3v) is 7.74. The Bertz CT molecular complexity index is 1180. The number of fused-ring (bicyclic) bond motifs is 1. The van der Waals surface area contributed by atoms with E-state index in [1.54, 1.807) is 0 Å². The molecule has 4 rings (SSSR count). The van der Waals surface area contributed by atoms with Gasteiger partial charge in [0.25, 0.3) is 5.91 Å². The lowest BCUT2D eigenvalue weighted by atomic mass is 10.2. The lowest BCUT2D eigenvalue weighted by Crippen LogP contribution is -2.36. The predicted octanol–water partition coefficient (Wildman–Crippen LogP) is 4.17. The lowest BCUT2D eigenvalue weighted by Gasteiger charge is -2.26. The Labute approximate surface area is 172 Å². The molecule has 0 unspecified atom stereocenters. The molecule has 0 spiro atoms. The smallest absolute Gasteiger partial charge is 0.257 e. The first kappa shape index (κ1) is 19.9. The molecule has 1 aliphatic rings. The van der Waals surface area contributed by atoms with Gasteiger partial charge < -0.3 is 0 Å². The molecule has 1 N–H and O–H groups in total. The maximum absolute atomic E-state index is 14.3. The minimum absolute atomic E-state index is 0.0671. The van der Waals surface area contributed by atoms with Crippen molar-refractivity contribution in [2.24, 2.45) is 0 Å². The predicted molar refractivity (Wildman–Crippen MR) is 111 cm³/mol. The second kappa shape index (κ2) is 7.81. The van der Waals surface area contributed by atoms with Gasteiger partial charge in [-0.25, -0.2) is 17.8 Å². The topological polar surface area (TPSA) is 79.4 Å². The van der Waals surface area contributed by atoms with Crippen molar-refractivity contribution in [1.29, 1.82) is 0 Å². The molecule has 0 saturated carbocycles. The van der Waals surface area contributed by atoms with Crippen molar-refractivity contribution in [2.45, 2.75) is 31.1 Å². The zero-order chi connectivity index (χ0) is 20.6. The van der Waals surface area contributed by atoms with Crippen LogP contribution in [0.3, 0.4) is 0 Å². The molecule has 1 fully saturated rings. The first-order chi connectivity index (χ1) is 13.8. The van der Waals surface area contributed by atoms with E-state index in [2.05, 4.69) is 10.3 Å². The number of aromatic nitrogens is 1. The molecule has 2 heterocycles. The van der Waals surface area contributed by atoms with E-state index in [1.807, 2.05) is 25.1 Å². The van der Waals surface area contributed by atoms with Crippen molar-refractivity contribution in [3.8, 4) is 0 Å². The van der Waals surface area contributed by atoms with Crippen molar-refractivity contribution in [2.75, 3.05) is 18.4 Å². The number of halogens is 1. The van der Waals surface area contributed by atoms with E-state index in [-0.39, 0.29) is 5.56 Å². The molecule has 0 bridgehead atoms. The fourth-order valence-corrected chi connectivity index (χ4v) is 5.91. The summed E-state index contributed by atoms with van der Waals surface area (Å²) in [7, 11) is -3.98. The van der Waals surface area contributed by atoms with Crippen LogP contribution in [0.4, 0.5) is 9.52 Å². The summed E-state index contributed by atoms with van der Waals surface area (Å²) >= 11 is 1.33. The quantitative estimate of drug-likeness (QED) is 0.670. The molecule has 2 aromatic carbocycles. The van der Waals surface area contributed by atoms with Crippen LogP contribution in [0.5, 0.6) is 0 Å². The molecular weight excluding hydrogens is 413 g/mol. The average Bonchev–Trinajstić information content (AvgIpc) is 3.10. The number of amides is 1. The molecular formula is C20H20FN3O3S2. The number of nitrogens with zero attached hydrogens (tertiary/aromatic N) is 2. The Kier molecular flexibility index (Phi) is 5.37. The fraction of sp³-hybridized carbons (Fsp3) is 0.300. The number of piperidine rings is 1. The Morgan fingerprint density at radius 1 is 1.14 bits per heavy atom. The minimum atomic E-state index is -3.98. The fourth-order valence-electron chi connectivity index (χ4n) is 3.34. The van der Waals surface area contributed by atoms with Crippen LogP contribution in [0.2, 0.25) is 0 Å². The Morgan fingerprint density at radius 3 is 2.66 bits per heavy atom. The summed E-state index contributed by atoms with van der Waals surface area (Å²) in [4.78, 5) is 16.6. The van der Waals surface area contributed by atoms with Gasteiger partial charge in [0.1, 0.15) is 10.7 Å². The number of rotatable bonds is 4. The van der Waals surface area contributed by atoms with E-state index in [1.165, 1.54) is 21.7 Å². The average molecular weight is 434 g/mol. The van der Waals surface area contributed by atoms with Gasteiger partial charge in [-0.1, -0.05) is 23.8 Å². The van der Waals surface area contributed by atoms with Crippen molar-refractivity contribution in [3.63, 3.8) is 0 Å². The van der Waals surface area contributed by atoms with E-state index in [4.69, 9.17) is 0 Å². The number of hydrogen-bond acceptors (Lipinski definition) is 5. The monoisotopic (exact) mass is 433 g/mol. The third-order valence-electron chi connectivity index (χ3n) is 4.89. The maximum atomic E-state index is 14.3.